The van der Waals surface area contributed by atoms with Crippen molar-refractivity contribution in [2.45, 2.75) is 0 Å². The normalized spacial score (nSPS) is 12.3. The summed E-state index contributed by atoms with van der Waals surface area (Å²) in [5.41, 5.74) is 21.2. The highest BCUT2D eigenvalue weighted by Crippen LogP contribution is 2.44. The van der Waals surface area contributed by atoms with Crippen LogP contribution in [-0.2, 0) is 0 Å². The summed E-state index contributed by atoms with van der Waals surface area (Å²) in [5.74, 6) is 0. The Bertz CT molecular complexity index is 5940. The van der Waals surface area contributed by atoms with Crippen LogP contribution in [0.2, 0.25) is 0 Å². The fourth-order valence-corrected chi connectivity index (χ4v) is 15.5. The molecule has 406 valence electrons. The number of aromatic nitrogens is 3. The third-order valence-electron chi connectivity index (χ3n) is 19.2. The van der Waals surface area contributed by atoms with E-state index >= 15 is 0 Å². The minimum absolute atomic E-state index is 0.255. The molecule has 88 heavy (non-hydrogen) atoms. The zero-order valence-corrected chi connectivity index (χ0v) is 47.9. The summed E-state index contributed by atoms with van der Waals surface area (Å²) in [6.07, 6.45) is 0. The molecular formula is C84H52BN3. The van der Waals surface area contributed by atoms with Crippen molar-refractivity contribution in [2.24, 2.45) is 0 Å². The van der Waals surface area contributed by atoms with Crippen LogP contribution in [0.1, 0.15) is 0 Å². The quantitative estimate of drug-likeness (QED) is 0.156. The predicted octanol–water partition coefficient (Wildman–Crippen LogP) is 20.0. The van der Waals surface area contributed by atoms with Gasteiger partial charge in [0.2, 0.25) is 0 Å². The highest BCUT2D eigenvalue weighted by Gasteiger charge is 2.41. The average molecular weight is 1110 g/mol. The summed E-state index contributed by atoms with van der Waals surface area (Å²) in [4.78, 5) is 0. The van der Waals surface area contributed by atoms with Crippen molar-refractivity contribution in [3.63, 3.8) is 0 Å². The molecule has 0 spiro atoms. The summed E-state index contributed by atoms with van der Waals surface area (Å²) in [6.45, 7) is -0.255. The van der Waals surface area contributed by atoms with Crippen molar-refractivity contribution in [3.05, 3.63) is 315 Å². The number of nitrogens with zero attached hydrogens (tertiary/aromatic N) is 3. The van der Waals surface area contributed by atoms with Crippen molar-refractivity contribution < 1.29 is 0 Å². The van der Waals surface area contributed by atoms with Crippen molar-refractivity contribution >= 4 is 132 Å². The minimum Gasteiger partial charge on any atom is -0.310 e. The van der Waals surface area contributed by atoms with Gasteiger partial charge in [-0.25, -0.2) is 0 Å². The molecule has 0 radical (unpaired) electrons. The Morgan fingerprint density at radius 2 is 0.489 bits per heavy atom. The molecular weight excluding hydrogens is 1060 g/mol. The number of rotatable bonds is 4. The number of para-hydroxylation sites is 4. The lowest BCUT2D eigenvalue weighted by molar-refractivity contribution is 1.10. The number of hydrogen-bond acceptors (Lipinski definition) is 0. The molecule has 0 bridgehead atoms. The van der Waals surface area contributed by atoms with Gasteiger partial charge in [0.05, 0.1) is 27.8 Å². The summed E-state index contributed by atoms with van der Waals surface area (Å²) >= 11 is 0. The molecule has 3 nitrogen and oxygen atoms in total. The van der Waals surface area contributed by atoms with Crippen LogP contribution < -0.4 is 16.4 Å². The van der Waals surface area contributed by atoms with E-state index in [0.717, 1.165) is 39.1 Å². The predicted molar refractivity (Wildman–Crippen MR) is 376 cm³/mol. The van der Waals surface area contributed by atoms with Gasteiger partial charge in [-0.1, -0.05) is 261 Å². The maximum atomic E-state index is 2.69. The standard InChI is InChI=1S/C84H52BN3/c1-4-24-53(25-5-1)56-44-45-66-68-37-17-23-43-79(68)88-81-52-59(86-76-40-20-18-38-69(76)70-39-19-21-41-77(70)86)51-80-82(81)85(75-50-58(55-28-8-3-9-29-55)48-73(84(75)88)65-35-15-13-33-63(65)71(66)46-56)74-49-57(54-26-6-2-7-27-54)47-72-64-34-14-11-31-61(64)60-30-10-12-32-62(60)67-36-16-22-42-78(67)87(80)83(72)74/h1-52H. The van der Waals surface area contributed by atoms with Crippen LogP contribution in [0.4, 0.5) is 0 Å². The molecule has 17 aromatic rings. The minimum atomic E-state index is -0.255. The molecule has 19 rings (SSSR count). The van der Waals surface area contributed by atoms with Gasteiger partial charge in [-0.15, -0.1) is 0 Å². The Morgan fingerprint density at radius 3 is 0.909 bits per heavy atom. The van der Waals surface area contributed by atoms with Crippen molar-refractivity contribution in [1.29, 1.82) is 0 Å². The Kier molecular flexibility index (Phi) is 10.6. The van der Waals surface area contributed by atoms with E-state index in [4.69, 9.17) is 0 Å². The topological polar surface area (TPSA) is 14.8 Å². The van der Waals surface area contributed by atoms with Crippen molar-refractivity contribution in [3.8, 4) is 50.4 Å². The SMILES string of the molecule is c1ccc(-c2ccc3c(c2)c2ccccc2c2cc(-c4ccccc4)cc4c2n(c2ccccc32)-c2cc(-n3c5ccccc5c5ccccc53)cc3c2B4c2cc(-c4ccccc4)cc4c5ccccc5c5ccccc5c5ccccc5n-3c24)cc1. The maximum absolute atomic E-state index is 2.69. The van der Waals surface area contributed by atoms with Gasteiger partial charge in [0, 0.05) is 54.7 Å². The van der Waals surface area contributed by atoms with Crippen LogP contribution in [0, 0.1) is 0 Å². The van der Waals surface area contributed by atoms with E-state index in [-0.39, 0.29) is 6.71 Å². The van der Waals surface area contributed by atoms with Crippen LogP contribution >= 0.6 is 0 Å². The smallest absolute Gasteiger partial charge is 0.252 e. The van der Waals surface area contributed by atoms with Crippen LogP contribution in [0.5, 0.6) is 0 Å². The first-order valence-electron chi connectivity index (χ1n) is 30.6. The number of benzene rings is 14. The van der Waals surface area contributed by atoms with E-state index in [1.54, 1.807) is 0 Å². The van der Waals surface area contributed by atoms with E-state index in [2.05, 4.69) is 329 Å². The third-order valence-corrected chi connectivity index (χ3v) is 19.2. The van der Waals surface area contributed by atoms with E-state index in [0.29, 0.717) is 0 Å². The molecule has 3 aromatic heterocycles. The summed E-state index contributed by atoms with van der Waals surface area (Å²) in [6, 6.07) is 119. The Balaban J connectivity index is 1.13. The number of hydrogen-bond donors (Lipinski definition) is 0. The summed E-state index contributed by atoms with van der Waals surface area (Å²) in [5, 5.41) is 16.7. The second-order valence-corrected chi connectivity index (χ2v) is 23.8. The first kappa shape index (κ1) is 48.9. The largest absolute Gasteiger partial charge is 0.310 e. The zero-order valence-electron chi connectivity index (χ0n) is 47.9. The van der Waals surface area contributed by atoms with E-state index in [1.165, 1.54) is 136 Å². The molecule has 0 fully saturated rings. The number of fused-ring (bicyclic) bond motifs is 21. The van der Waals surface area contributed by atoms with Crippen LogP contribution in [-0.4, -0.2) is 20.4 Å². The van der Waals surface area contributed by atoms with E-state index in [1.807, 2.05) is 0 Å². The monoisotopic (exact) mass is 1110 g/mol. The first-order chi connectivity index (χ1) is 43.7. The molecule has 0 aliphatic carbocycles. The van der Waals surface area contributed by atoms with Gasteiger partial charge in [0.15, 0.2) is 0 Å². The van der Waals surface area contributed by atoms with Crippen LogP contribution in [0.15, 0.2) is 315 Å². The highest BCUT2D eigenvalue weighted by molar-refractivity contribution is 7.00. The first-order valence-corrected chi connectivity index (χ1v) is 30.6. The van der Waals surface area contributed by atoms with Gasteiger partial charge < -0.3 is 13.7 Å². The Hall–Kier alpha value is -11.5. The zero-order chi connectivity index (χ0) is 57.6. The highest BCUT2D eigenvalue weighted by atomic mass is 15.1. The fraction of sp³-hybridized carbons (Fsp3) is 0. The van der Waals surface area contributed by atoms with Gasteiger partial charge in [-0.05, 0) is 147 Å². The van der Waals surface area contributed by atoms with Crippen molar-refractivity contribution in [1.82, 2.24) is 13.7 Å². The second kappa shape index (κ2) is 19.0. The lowest BCUT2D eigenvalue weighted by Gasteiger charge is -2.37. The molecule has 2 aliphatic heterocycles. The fourth-order valence-electron chi connectivity index (χ4n) is 15.5. The lowest BCUT2D eigenvalue weighted by atomic mass is 9.34. The lowest BCUT2D eigenvalue weighted by Crippen LogP contribution is -2.60. The average Bonchev–Trinajstić information content (AvgIpc) is 1.03. The van der Waals surface area contributed by atoms with Gasteiger partial charge in [0.25, 0.3) is 6.71 Å². The third kappa shape index (κ3) is 7.09. The molecule has 14 aromatic carbocycles. The molecule has 5 heterocycles. The maximum Gasteiger partial charge on any atom is 0.252 e. The Morgan fingerprint density at radius 1 is 0.193 bits per heavy atom. The van der Waals surface area contributed by atoms with Gasteiger partial charge in [0.1, 0.15) is 0 Å². The molecule has 4 heteroatoms. The molecule has 2 aliphatic rings. The summed E-state index contributed by atoms with van der Waals surface area (Å²) in [7, 11) is 0. The van der Waals surface area contributed by atoms with E-state index < -0.39 is 0 Å². The van der Waals surface area contributed by atoms with Gasteiger partial charge in [-0.3, -0.25) is 0 Å². The van der Waals surface area contributed by atoms with Crippen molar-refractivity contribution in [2.75, 3.05) is 0 Å². The van der Waals surface area contributed by atoms with Gasteiger partial charge >= 0.3 is 0 Å². The summed E-state index contributed by atoms with van der Waals surface area (Å²) < 4.78 is 7.91. The molecule has 0 saturated carbocycles. The Labute approximate surface area is 508 Å². The van der Waals surface area contributed by atoms with Crippen LogP contribution in [0.25, 0.3) is 159 Å². The molecule has 0 saturated heterocycles. The molecule has 0 amide bonds. The molecule has 0 atom stereocenters. The van der Waals surface area contributed by atoms with E-state index in [9.17, 15) is 0 Å². The van der Waals surface area contributed by atoms with Crippen LogP contribution in [0.3, 0.4) is 0 Å². The molecule has 0 unspecified atom stereocenters. The van der Waals surface area contributed by atoms with Gasteiger partial charge in [-0.2, -0.15) is 0 Å². The molecule has 0 N–H and O–H groups in total. The second-order valence-electron chi connectivity index (χ2n) is 23.8.